The van der Waals surface area contributed by atoms with Gasteiger partial charge in [-0.3, -0.25) is 9.69 Å². The Kier molecular flexibility index (Phi) is 6.82. The van der Waals surface area contributed by atoms with Crippen molar-refractivity contribution in [3.63, 3.8) is 0 Å². The molecule has 23 heavy (non-hydrogen) atoms. The number of carbonyl (C=O) groups is 2. The first-order valence-electron chi connectivity index (χ1n) is 7.64. The summed E-state index contributed by atoms with van der Waals surface area (Å²) in [7, 11) is 1.56. The van der Waals surface area contributed by atoms with E-state index in [1.54, 1.807) is 33.9 Å². The van der Waals surface area contributed by atoms with Gasteiger partial charge in [0.1, 0.15) is 11.6 Å². The van der Waals surface area contributed by atoms with Crippen LogP contribution < -0.4 is 5.32 Å². The first kappa shape index (κ1) is 18.7. The highest BCUT2D eigenvalue weighted by atomic mass is 16.6. The van der Waals surface area contributed by atoms with Gasteiger partial charge in [0, 0.05) is 20.0 Å². The van der Waals surface area contributed by atoms with Gasteiger partial charge in [0.15, 0.2) is 0 Å². The topological polar surface area (TPSA) is 58.6 Å². The Hall–Kier alpha value is -2.30. The maximum absolute atomic E-state index is 12.5. The molecular weight excluding hydrogens is 292 g/mol. The van der Waals surface area contributed by atoms with Gasteiger partial charge in [-0.05, 0) is 26.3 Å². The first-order valence-corrected chi connectivity index (χ1v) is 7.64. The molecule has 0 radical (unpaired) electrons. The fourth-order valence-electron chi connectivity index (χ4n) is 2.14. The number of likely N-dealkylation sites (N-methyl/N-ethyl adjacent to an activating group) is 1. The first-order chi connectivity index (χ1) is 10.8. The Morgan fingerprint density at radius 1 is 1.30 bits per heavy atom. The maximum atomic E-state index is 12.5. The van der Waals surface area contributed by atoms with Crippen molar-refractivity contribution in [2.75, 3.05) is 13.6 Å². The van der Waals surface area contributed by atoms with Crippen molar-refractivity contribution in [1.29, 1.82) is 0 Å². The van der Waals surface area contributed by atoms with Gasteiger partial charge in [-0.1, -0.05) is 36.4 Å². The van der Waals surface area contributed by atoms with Crippen molar-refractivity contribution in [1.82, 2.24) is 10.2 Å². The van der Waals surface area contributed by atoms with Crippen molar-refractivity contribution < 1.29 is 14.3 Å². The predicted molar refractivity (Wildman–Crippen MR) is 91.1 cm³/mol. The maximum Gasteiger partial charge on any atom is 0.411 e. The molecule has 1 atom stereocenters. The predicted octanol–water partition coefficient (Wildman–Crippen LogP) is 2.77. The third-order valence-corrected chi connectivity index (χ3v) is 3.15. The molecule has 0 heterocycles. The van der Waals surface area contributed by atoms with E-state index in [-0.39, 0.29) is 12.5 Å². The number of nitrogens with one attached hydrogen (secondary N) is 1. The Morgan fingerprint density at radius 3 is 2.39 bits per heavy atom. The third kappa shape index (κ3) is 6.14. The van der Waals surface area contributed by atoms with Crippen LogP contribution in [0.15, 0.2) is 43.0 Å². The molecule has 0 aliphatic heterocycles. The van der Waals surface area contributed by atoms with Crippen molar-refractivity contribution >= 4 is 12.0 Å². The standard InChI is InChI=1S/C18H26N2O3/c1-6-12-20(17(22)23-18(2,3)4)15(16(21)19-5)13-14-10-8-7-9-11-14/h6-11,15H,1,12-13H2,2-5H3,(H,19,21). The molecule has 5 nitrogen and oxygen atoms in total. The van der Waals surface area contributed by atoms with E-state index in [2.05, 4.69) is 11.9 Å². The molecule has 0 aromatic heterocycles. The summed E-state index contributed by atoms with van der Waals surface area (Å²) >= 11 is 0. The molecule has 2 amide bonds. The van der Waals surface area contributed by atoms with E-state index in [0.717, 1.165) is 5.56 Å². The van der Waals surface area contributed by atoms with Gasteiger partial charge in [0.2, 0.25) is 5.91 Å². The highest BCUT2D eigenvalue weighted by molar-refractivity contribution is 5.86. The van der Waals surface area contributed by atoms with E-state index in [1.807, 2.05) is 30.3 Å². The van der Waals surface area contributed by atoms with Crippen LogP contribution in [0.3, 0.4) is 0 Å². The van der Waals surface area contributed by atoms with Crippen LogP contribution in [0, 0.1) is 0 Å². The quantitative estimate of drug-likeness (QED) is 0.821. The Balaban J connectivity index is 3.05. The molecule has 0 saturated carbocycles. The molecule has 0 fully saturated rings. The summed E-state index contributed by atoms with van der Waals surface area (Å²) in [6, 6.07) is 8.92. The monoisotopic (exact) mass is 318 g/mol. The average Bonchev–Trinajstić information content (AvgIpc) is 2.49. The number of ether oxygens (including phenoxy) is 1. The second-order valence-electron chi connectivity index (χ2n) is 6.24. The van der Waals surface area contributed by atoms with Gasteiger partial charge < -0.3 is 10.1 Å². The zero-order valence-electron chi connectivity index (χ0n) is 14.3. The summed E-state index contributed by atoms with van der Waals surface area (Å²) < 4.78 is 5.42. The van der Waals surface area contributed by atoms with Crippen LogP contribution in [0.5, 0.6) is 0 Å². The third-order valence-electron chi connectivity index (χ3n) is 3.15. The fraction of sp³-hybridized carbons (Fsp3) is 0.444. The van der Waals surface area contributed by atoms with Crippen LogP contribution in [-0.4, -0.2) is 42.1 Å². The van der Waals surface area contributed by atoms with E-state index in [9.17, 15) is 9.59 Å². The fourth-order valence-corrected chi connectivity index (χ4v) is 2.14. The highest BCUT2D eigenvalue weighted by Crippen LogP contribution is 2.15. The minimum atomic E-state index is -0.657. The van der Waals surface area contributed by atoms with Crippen molar-refractivity contribution in [2.45, 2.75) is 38.8 Å². The second kappa shape index (κ2) is 8.36. The summed E-state index contributed by atoms with van der Waals surface area (Å²) in [5.74, 6) is -0.235. The van der Waals surface area contributed by atoms with E-state index in [0.29, 0.717) is 6.42 Å². The largest absolute Gasteiger partial charge is 0.444 e. The van der Waals surface area contributed by atoms with Gasteiger partial charge in [-0.2, -0.15) is 0 Å². The van der Waals surface area contributed by atoms with Crippen LogP contribution in [-0.2, 0) is 16.0 Å². The highest BCUT2D eigenvalue weighted by Gasteiger charge is 2.31. The number of hydrogen-bond donors (Lipinski definition) is 1. The van der Waals surface area contributed by atoms with Crippen LogP contribution >= 0.6 is 0 Å². The summed E-state index contributed by atoms with van der Waals surface area (Å²) in [5, 5.41) is 2.62. The number of benzene rings is 1. The summed E-state index contributed by atoms with van der Waals surface area (Å²) in [4.78, 5) is 26.2. The molecular formula is C18H26N2O3. The van der Waals surface area contributed by atoms with Crippen molar-refractivity contribution in [2.24, 2.45) is 0 Å². The zero-order valence-corrected chi connectivity index (χ0v) is 14.3. The molecule has 0 saturated heterocycles. The number of amides is 2. The Morgan fingerprint density at radius 2 is 1.91 bits per heavy atom. The lowest BCUT2D eigenvalue weighted by molar-refractivity contribution is -0.125. The average molecular weight is 318 g/mol. The minimum absolute atomic E-state index is 0.235. The van der Waals surface area contributed by atoms with Gasteiger partial charge in [0.05, 0.1) is 0 Å². The number of hydrogen-bond acceptors (Lipinski definition) is 3. The molecule has 126 valence electrons. The van der Waals surface area contributed by atoms with E-state index < -0.39 is 17.7 Å². The number of carbonyl (C=O) groups excluding carboxylic acids is 2. The minimum Gasteiger partial charge on any atom is -0.444 e. The molecule has 1 aromatic carbocycles. The second-order valence-corrected chi connectivity index (χ2v) is 6.24. The number of nitrogens with zero attached hydrogens (tertiary/aromatic N) is 1. The molecule has 1 aromatic rings. The summed E-state index contributed by atoms with van der Waals surface area (Å²) in [5.41, 5.74) is 0.343. The molecule has 1 rings (SSSR count). The van der Waals surface area contributed by atoms with Crippen LogP contribution in [0.25, 0.3) is 0 Å². The van der Waals surface area contributed by atoms with Gasteiger partial charge in [0.25, 0.3) is 0 Å². The van der Waals surface area contributed by atoms with E-state index >= 15 is 0 Å². The Labute approximate surface area is 138 Å². The van der Waals surface area contributed by atoms with Crippen LogP contribution in [0.4, 0.5) is 4.79 Å². The number of rotatable bonds is 6. The molecule has 5 heteroatoms. The molecule has 0 aliphatic carbocycles. The zero-order chi connectivity index (χ0) is 17.5. The van der Waals surface area contributed by atoms with E-state index in [4.69, 9.17) is 4.74 Å². The molecule has 0 bridgehead atoms. The van der Waals surface area contributed by atoms with Crippen molar-refractivity contribution in [3.05, 3.63) is 48.6 Å². The molecule has 1 unspecified atom stereocenters. The van der Waals surface area contributed by atoms with Crippen LogP contribution in [0.2, 0.25) is 0 Å². The lowest BCUT2D eigenvalue weighted by Crippen LogP contribution is -2.51. The van der Waals surface area contributed by atoms with Gasteiger partial charge in [-0.25, -0.2) is 4.79 Å². The smallest absolute Gasteiger partial charge is 0.411 e. The van der Waals surface area contributed by atoms with Crippen LogP contribution in [0.1, 0.15) is 26.3 Å². The van der Waals surface area contributed by atoms with Gasteiger partial charge >= 0.3 is 6.09 Å². The van der Waals surface area contributed by atoms with Gasteiger partial charge in [-0.15, -0.1) is 6.58 Å². The van der Waals surface area contributed by atoms with Crippen molar-refractivity contribution in [3.8, 4) is 0 Å². The molecule has 0 spiro atoms. The SMILES string of the molecule is C=CCN(C(=O)OC(C)(C)C)C(Cc1ccccc1)C(=O)NC. The Bertz CT molecular complexity index is 535. The normalized spacial score (nSPS) is 12.2. The summed E-state index contributed by atoms with van der Waals surface area (Å²) in [6.07, 6.45) is 1.47. The molecule has 1 N–H and O–H groups in total. The van der Waals surface area contributed by atoms with E-state index in [1.165, 1.54) is 4.90 Å². The lowest BCUT2D eigenvalue weighted by Gasteiger charge is -2.32. The summed E-state index contributed by atoms with van der Waals surface area (Å²) in [6.45, 7) is 9.29. The lowest BCUT2D eigenvalue weighted by atomic mass is 10.0. The molecule has 0 aliphatic rings.